The molecular weight excluding hydrogens is 408 g/mol. The predicted molar refractivity (Wildman–Crippen MR) is 112 cm³/mol. The lowest BCUT2D eigenvalue weighted by atomic mass is 9.74. The number of sulfonamides is 2. The van der Waals surface area contributed by atoms with E-state index in [1.165, 1.54) is 8.61 Å². The Hall–Kier alpha value is -1.74. The summed E-state index contributed by atoms with van der Waals surface area (Å²) >= 11 is 0. The van der Waals surface area contributed by atoms with E-state index in [4.69, 9.17) is 0 Å². The number of hydrogen-bond acceptors (Lipinski definition) is 4. The molecule has 6 nitrogen and oxygen atoms in total. The summed E-state index contributed by atoms with van der Waals surface area (Å²) in [5.74, 6) is 0. The summed E-state index contributed by atoms with van der Waals surface area (Å²) in [5.41, 5.74) is 1.92. The van der Waals surface area contributed by atoms with Gasteiger partial charge in [-0.2, -0.15) is 8.61 Å². The second kappa shape index (κ2) is 7.19. The zero-order valence-electron chi connectivity index (χ0n) is 16.7. The summed E-state index contributed by atoms with van der Waals surface area (Å²) in [6, 6.07) is 13.8. The van der Waals surface area contributed by atoms with Gasteiger partial charge < -0.3 is 0 Å². The molecule has 0 aromatic heterocycles. The summed E-state index contributed by atoms with van der Waals surface area (Å²) in [6.07, 6.45) is 1.36. The summed E-state index contributed by atoms with van der Waals surface area (Å²) in [6.45, 7) is 5.62. The number of nitrogens with zero attached hydrogens (tertiary/aromatic N) is 2. The highest BCUT2D eigenvalue weighted by molar-refractivity contribution is 7.89. The van der Waals surface area contributed by atoms with Gasteiger partial charge in [0.1, 0.15) is 0 Å². The smallest absolute Gasteiger partial charge is 0.207 e. The van der Waals surface area contributed by atoms with Crippen molar-refractivity contribution in [2.45, 2.75) is 36.5 Å². The van der Waals surface area contributed by atoms with Gasteiger partial charge >= 0.3 is 0 Å². The second-order valence-electron chi connectivity index (χ2n) is 8.30. The largest absolute Gasteiger partial charge is 0.243 e. The fourth-order valence-electron chi connectivity index (χ4n) is 4.11. The van der Waals surface area contributed by atoms with Gasteiger partial charge in [0.05, 0.1) is 9.79 Å². The zero-order chi connectivity index (χ0) is 20.9. The topological polar surface area (TPSA) is 74.8 Å². The van der Waals surface area contributed by atoms with Crippen molar-refractivity contribution in [3.63, 3.8) is 0 Å². The molecule has 2 heterocycles. The minimum atomic E-state index is -3.50. The maximum Gasteiger partial charge on any atom is 0.243 e. The zero-order valence-corrected chi connectivity index (χ0v) is 18.3. The van der Waals surface area contributed by atoms with E-state index < -0.39 is 20.0 Å². The van der Waals surface area contributed by atoms with Gasteiger partial charge in [-0.15, -0.1) is 0 Å². The van der Waals surface area contributed by atoms with Crippen LogP contribution in [0.3, 0.4) is 0 Å². The Kier molecular flexibility index (Phi) is 5.09. The molecule has 2 saturated heterocycles. The molecule has 2 fully saturated rings. The lowest BCUT2D eigenvalue weighted by Crippen LogP contribution is -2.62. The van der Waals surface area contributed by atoms with Crippen LogP contribution in [0.1, 0.15) is 24.0 Å². The fraction of sp³-hybridized carbons (Fsp3) is 0.429. The van der Waals surface area contributed by atoms with Crippen LogP contribution in [-0.2, 0) is 20.0 Å². The van der Waals surface area contributed by atoms with Crippen molar-refractivity contribution >= 4 is 20.0 Å². The Balaban J connectivity index is 1.41. The van der Waals surface area contributed by atoms with Crippen molar-refractivity contribution < 1.29 is 16.8 Å². The normalized spacial score (nSPS) is 20.5. The second-order valence-corrected chi connectivity index (χ2v) is 12.2. The minimum Gasteiger partial charge on any atom is -0.207 e. The van der Waals surface area contributed by atoms with Crippen LogP contribution in [0.25, 0.3) is 0 Å². The molecule has 2 aromatic rings. The van der Waals surface area contributed by atoms with Gasteiger partial charge in [-0.25, -0.2) is 16.8 Å². The van der Waals surface area contributed by atoms with Gasteiger partial charge in [-0.3, -0.25) is 0 Å². The number of piperidine rings is 1. The fourth-order valence-corrected chi connectivity index (χ4v) is 7.21. The molecule has 29 heavy (non-hydrogen) atoms. The molecule has 2 aliphatic rings. The van der Waals surface area contributed by atoms with Crippen molar-refractivity contribution in [2.24, 2.45) is 5.41 Å². The van der Waals surface area contributed by atoms with Crippen LogP contribution in [0.4, 0.5) is 0 Å². The standard InChI is InChI=1S/C21H26N2O4S2/c1-17-3-7-19(8-4-17)28(24,25)22-13-11-21(12-14-22)15-23(16-21)29(26,27)20-9-5-18(2)6-10-20/h3-10H,11-16H2,1-2H3. The van der Waals surface area contributed by atoms with Crippen LogP contribution in [-0.4, -0.2) is 51.6 Å². The van der Waals surface area contributed by atoms with Gasteiger partial charge in [-0.1, -0.05) is 35.4 Å². The molecule has 0 aliphatic carbocycles. The van der Waals surface area contributed by atoms with Crippen LogP contribution in [0, 0.1) is 19.3 Å². The van der Waals surface area contributed by atoms with Crippen molar-refractivity contribution in [3.8, 4) is 0 Å². The van der Waals surface area contributed by atoms with E-state index >= 15 is 0 Å². The Morgan fingerprint density at radius 1 is 0.655 bits per heavy atom. The first-order chi connectivity index (χ1) is 13.6. The first kappa shape index (κ1) is 20.5. The molecule has 156 valence electrons. The average Bonchev–Trinajstić information content (AvgIpc) is 2.67. The van der Waals surface area contributed by atoms with E-state index in [-0.39, 0.29) is 5.41 Å². The van der Waals surface area contributed by atoms with E-state index in [1.807, 2.05) is 13.8 Å². The van der Waals surface area contributed by atoms with E-state index in [9.17, 15) is 16.8 Å². The quantitative estimate of drug-likeness (QED) is 0.742. The molecular formula is C21H26N2O4S2. The number of benzene rings is 2. The van der Waals surface area contributed by atoms with Crippen molar-refractivity contribution in [2.75, 3.05) is 26.2 Å². The average molecular weight is 435 g/mol. The molecule has 0 N–H and O–H groups in total. The molecule has 4 rings (SSSR count). The number of aryl methyl sites for hydroxylation is 2. The Morgan fingerprint density at radius 2 is 1.03 bits per heavy atom. The monoisotopic (exact) mass is 434 g/mol. The van der Waals surface area contributed by atoms with E-state index in [2.05, 4.69) is 0 Å². The lowest BCUT2D eigenvalue weighted by molar-refractivity contribution is 0.0197. The maximum atomic E-state index is 12.9. The SMILES string of the molecule is Cc1ccc(S(=O)(=O)N2CCC3(CC2)CN(S(=O)(=O)c2ccc(C)cc2)C3)cc1. The van der Waals surface area contributed by atoms with Gasteiger partial charge in [0.15, 0.2) is 0 Å². The van der Waals surface area contributed by atoms with E-state index in [0.717, 1.165) is 11.1 Å². The molecule has 2 aliphatic heterocycles. The third-order valence-electron chi connectivity index (χ3n) is 6.12. The number of rotatable bonds is 4. The van der Waals surface area contributed by atoms with Crippen LogP contribution in [0.2, 0.25) is 0 Å². The van der Waals surface area contributed by atoms with Crippen LogP contribution in [0.15, 0.2) is 58.3 Å². The van der Waals surface area contributed by atoms with Crippen LogP contribution in [0.5, 0.6) is 0 Å². The molecule has 0 bridgehead atoms. The maximum absolute atomic E-state index is 12.9. The molecule has 0 unspecified atom stereocenters. The Labute approximate surface area is 173 Å². The Morgan fingerprint density at radius 3 is 1.45 bits per heavy atom. The highest BCUT2D eigenvalue weighted by Gasteiger charge is 2.50. The molecule has 0 amide bonds. The number of hydrogen-bond donors (Lipinski definition) is 0. The molecule has 0 atom stereocenters. The molecule has 0 saturated carbocycles. The first-order valence-electron chi connectivity index (χ1n) is 9.76. The highest BCUT2D eigenvalue weighted by atomic mass is 32.2. The van der Waals surface area contributed by atoms with Crippen molar-refractivity contribution in [1.82, 2.24) is 8.61 Å². The van der Waals surface area contributed by atoms with Crippen LogP contribution >= 0.6 is 0 Å². The Bertz CT molecular complexity index is 1090. The van der Waals surface area contributed by atoms with E-state index in [1.54, 1.807) is 48.5 Å². The predicted octanol–water partition coefficient (Wildman–Crippen LogP) is 2.78. The molecule has 0 radical (unpaired) electrons. The van der Waals surface area contributed by atoms with Crippen molar-refractivity contribution in [3.05, 3.63) is 59.7 Å². The third-order valence-corrected chi connectivity index (χ3v) is 9.84. The minimum absolute atomic E-state index is 0.114. The lowest BCUT2D eigenvalue weighted by Gasteiger charge is -2.52. The molecule has 1 spiro atoms. The van der Waals surface area contributed by atoms with Gasteiger partial charge in [0.25, 0.3) is 0 Å². The van der Waals surface area contributed by atoms with E-state index in [0.29, 0.717) is 48.8 Å². The first-order valence-corrected chi connectivity index (χ1v) is 12.6. The van der Waals surface area contributed by atoms with Crippen LogP contribution < -0.4 is 0 Å². The summed E-state index contributed by atoms with van der Waals surface area (Å²) in [7, 11) is -6.98. The molecule has 8 heteroatoms. The summed E-state index contributed by atoms with van der Waals surface area (Å²) in [5, 5.41) is 0. The van der Waals surface area contributed by atoms with Gasteiger partial charge in [0, 0.05) is 31.6 Å². The summed E-state index contributed by atoms with van der Waals surface area (Å²) < 4.78 is 54.4. The van der Waals surface area contributed by atoms with Crippen molar-refractivity contribution in [1.29, 1.82) is 0 Å². The highest BCUT2D eigenvalue weighted by Crippen LogP contribution is 2.43. The summed E-state index contributed by atoms with van der Waals surface area (Å²) in [4.78, 5) is 0.633. The molecule has 2 aromatic carbocycles. The van der Waals surface area contributed by atoms with Gasteiger partial charge in [-0.05, 0) is 51.0 Å². The van der Waals surface area contributed by atoms with Gasteiger partial charge in [0.2, 0.25) is 20.0 Å². The third kappa shape index (κ3) is 3.74.